The third-order valence-electron chi connectivity index (χ3n) is 4.44. The first-order valence-electron chi connectivity index (χ1n) is 7.93. The van der Waals surface area contributed by atoms with E-state index in [-0.39, 0.29) is 12.1 Å². The summed E-state index contributed by atoms with van der Waals surface area (Å²) in [5, 5.41) is 18.5. The largest absolute Gasteiger partial charge is 0.388 e. The van der Waals surface area contributed by atoms with Gasteiger partial charge in [0.05, 0.1) is 30.2 Å². The number of aromatic nitrogens is 5. The lowest BCUT2D eigenvalue weighted by atomic mass is 9.92. The third kappa shape index (κ3) is 2.59. The standard InChI is InChI=1S/C16H18N6O2/c23-15-13-9-20-22(12-2-1-5-18-8-12)14(13)19-11-21(15)10-16(24)3-6-17-7-4-16/h1-2,5,8-9,11,17,24H,3-4,6-7,10H2. The van der Waals surface area contributed by atoms with E-state index in [1.54, 1.807) is 23.1 Å². The van der Waals surface area contributed by atoms with Gasteiger partial charge in [0, 0.05) is 6.20 Å². The Labute approximate surface area is 137 Å². The highest BCUT2D eigenvalue weighted by Gasteiger charge is 2.30. The molecule has 24 heavy (non-hydrogen) atoms. The Kier molecular flexibility index (Phi) is 3.62. The zero-order valence-corrected chi connectivity index (χ0v) is 13.1. The summed E-state index contributed by atoms with van der Waals surface area (Å²) in [5.41, 5.74) is 0.168. The molecule has 0 atom stereocenters. The summed E-state index contributed by atoms with van der Waals surface area (Å²) in [6, 6.07) is 3.65. The normalized spacial score (nSPS) is 17.2. The summed E-state index contributed by atoms with van der Waals surface area (Å²) in [6.45, 7) is 1.74. The maximum Gasteiger partial charge on any atom is 0.264 e. The summed E-state index contributed by atoms with van der Waals surface area (Å²) < 4.78 is 3.07. The molecule has 0 aliphatic carbocycles. The Morgan fingerprint density at radius 3 is 2.88 bits per heavy atom. The fraction of sp³-hybridized carbons (Fsp3) is 0.375. The van der Waals surface area contributed by atoms with Gasteiger partial charge < -0.3 is 10.4 Å². The Morgan fingerprint density at radius 1 is 1.29 bits per heavy atom. The van der Waals surface area contributed by atoms with E-state index in [2.05, 4.69) is 20.4 Å². The topological polar surface area (TPSA) is 97.9 Å². The maximum atomic E-state index is 12.7. The summed E-state index contributed by atoms with van der Waals surface area (Å²) in [4.78, 5) is 21.2. The minimum Gasteiger partial charge on any atom is -0.388 e. The monoisotopic (exact) mass is 326 g/mol. The van der Waals surface area contributed by atoms with Crippen molar-refractivity contribution in [3.05, 3.63) is 47.4 Å². The van der Waals surface area contributed by atoms with Gasteiger partial charge in [-0.3, -0.25) is 14.3 Å². The Morgan fingerprint density at radius 2 is 2.12 bits per heavy atom. The van der Waals surface area contributed by atoms with Crippen LogP contribution >= 0.6 is 0 Å². The highest BCUT2D eigenvalue weighted by atomic mass is 16.3. The number of aliphatic hydroxyl groups is 1. The Bertz CT molecular complexity index is 911. The summed E-state index contributed by atoms with van der Waals surface area (Å²) in [5.74, 6) is 0. The quantitative estimate of drug-likeness (QED) is 0.708. The molecule has 3 aromatic heterocycles. The van der Waals surface area contributed by atoms with Crippen molar-refractivity contribution in [2.75, 3.05) is 13.1 Å². The SMILES string of the molecule is O=c1c2cnn(-c3cccnc3)c2ncn1CC1(O)CCNCC1. The van der Waals surface area contributed by atoms with Crippen LogP contribution < -0.4 is 10.9 Å². The minimum atomic E-state index is -0.871. The fourth-order valence-corrected chi connectivity index (χ4v) is 3.10. The molecule has 1 fully saturated rings. The average Bonchev–Trinajstić information content (AvgIpc) is 3.03. The molecule has 0 radical (unpaired) electrons. The van der Waals surface area contributed by atoms with E-state index >= 15 is 0 Å². The molecule has 2 N–H and O–H groups in total. The second-order valence-corrected chi connectivity index (χ2v) is 6.16. The van der Waals surface area contributed by atoms with Crippen molar-refractivity contribution in [1.82, 2.24) is 29.6 Å². The van der Waals surface area contributed by atoms with E-state index in [0.29, 0.717) is 23.9 Å². The van der Waals surface area contributed by atoms with Crippen molar-refractivity contribution in [3.63, 3.8) is 0 Å². The van der Waals surface area contributed by atoms with Crippen LogP contribution in [-0.2, 0) is 6.54 Å². The van der Waals surface area contributed by atoms with Gasteiger partial charge in [-0.2, -0.15) is 5.10 Å². The molecule has 0 amide bonds. The second kappa shape index (κ2) is 5.81. The summed E-state index contributed by atoms with van der Waals surface area (Å²) in [6.07, 6.45) is 7.57. The second-order valence-electron chi connectivity index (χ2n) is 6.16. The first-order chi connectivity index (χ1) is 11.7. The number of hydrogen-bond donors (Lipinski definition) is 2. The summed E-state index contributed by atoms with van der Waals surface area (Å²) >= 11 is 0. The molecule has 4 rings (SSSR count). The highest BCUT2D eigenvalue weighted by molar-refractivity contribution is 5.74. The molecule has 4 heterocycles. The van der Waals surface area contributed by atoms with Crippen LogP contribution in [0.1, 0.15) is 12.8 Å². The lowest BCUT2D eigenvalue weighted by molar-refractivity contribution is -0.00627. The van der Waals surface area contributed by atoms with Gasteiger partial charge in [0.1, 0.15) is 11.7 Å². The van der Waals surface area contributed by atoms with E-state index < -0.39 is 5.60 Å². The van der Waals surface area contributed by atoms with Gasteiger partial charge in [-0.05, 0) is 38.1 Å². The number of pyridine rings is 1. The van der Waals surface area contributed by atoms with Gasteiger partial charge >= 0.3 is 0 Å². The van der Waals surface area contributed by atoms with Crippen molar-refractivity contribution < 1.29 is 5.11 Å². The lowest BCUT2D eigenvalue weighted by Crippen LogP contribution is -2.46. The van der Waals surface area contributed by atoms with Crippen molar-refractivity contribution in [2.45, 2.75) is 25.0 Å². The van der Waals surface area contributed by atoms with Crippen LogP contribution in [0.15, 0.2) is 41.8 Å². The van der Waals surface area contributed by atoms with Crippen molar-refractivity contribution in [2.24, 2.45) is 0 Å². The molecular weight excluding hydrogens is 308 g/mol. The van der Waals surface area contributed by atoms with E-state index in [4.69, 9.17) is 0 Å². The van der Waals surface area contributed by atoms with Gasteiger partial charge in [-0.1, -0.05) is 0 Å². The molecule has 8 heteroatoms. The fourth-order valence-electron chi connectivity index (χ4n) is 3.10. The molecule has 0 spiro atoms. The predicted molar refractivity (Wildman–Crippen MR) is 88.0 cm³/mol. The van der Waals surface area contributed by atoms with Crippen LogP contribution in [0, 0.1) is 0 Å². The molecule has 0 unspecified atom stereocenters. The zero-order valence-electron chi connectivity index (χ0n) is 13.1. The van der Waals surface area contributed by atoms with E-state index in [1.165, 1.54) is 17.1 Å². The molecule has 1 saturated heterocycles. The first kappa shape index (κ1) is 15.0. The molecule has 124 valence electrons. The first-order valence-corrected chi connectivity index (χ1v) is 7.93. The van der Waals surface area contributed by atoms with Gasteiger partial charge in [-0.15, -0.1) is 0 Å². The third-order valence-corrected chi connectivity index (χ3v) is 4.44. The Hall–Kier alpha value is -2.58. The van der Waals surface area contributed by atoms with E-state index in [1.807, 2.05) is 6.07 Å². The predicted octanol–water partition coefficient (Wildman–Crippen LogP) is 0.0917. The van der Waals surface area contributed by atoms with Crippen molar-refractivity contribution >= 4 is 11.0 Å². The number of nitrogens with one attached hydrogen (secondary N) is 1. The molecule has 8 nitrogen and oxygen atoms in total. The number of fused-ring (bicyclic) bond motifs is 1. The van der Waals surface area contributed by atoms with Gasteiger partial charge in [-0.25, -0.2) is 9.67 Å². The number of nitrogens with zero attached hydrogens (tertiary/aromatic N) is 5. The minimum absolute atomic E-state index is 0.193. The van der Waals surface area contributed by atoms with Crippen LogP contribution in [0.5, 0.6) is 0 Å². The van der Waals surface area contributed by atoms with Gasteiger partial charge in [0.15, 0.2) is 5.65 Å². The lowest BCUT2D eigenvalue weighted by Gasteiger charge is -2.32. The molecular formula is C16H18N6O2. The number of piperidine rings is 1. The van der Waals surface area contributed by atoms with E-state index in [9.17, 15) is 9.90 Å². The molecule has 0 aromatic carbocycles. The van der Waals surface area contributed by atoms with Crippen LogP contribution in [0.25, 0.3) is 16.7 Å². The van der Waals surface area contributed by atoms with Gasteiger partial charge in [0.2, 0.25) is 0 Å². The van der Waals surface area contributed by atoms with Crippen LogP contribution in [-0.4, -0.2) is 48.1 Å². The summed E-state index contributed by atoms with van der Waals surface area (Å²) in [7, 11) is 0. The highest BCUT2D eigenvalue weighted by Crippen LogP contribution is 2.20. The smallest absolute Gasteiger partial charge is 0.264 e. The number of rotatable bonds is 3. The van der Waals surface area contributed by atoms with Crippen LogP contribution in [0.2, 0.25) is 0 Å². The molecule has 3 aromatic rings. The molecule has 0 saturated carbocycles. The van der Waals surface area contributed by atoms with Crippen molar-refractivity contribution in [1.29, 1.82) is 0 Å². The number of hydrogen-bond acceptors (Lipinski definition) is 6. The Balaban J connectivity index is 1.73. The molecule has 1 aliphatic heterocycles. The van der Waals surface area contributed by atoms with E-state index in [0.717, 1.165) is 18.8 Å². The van der Waals surface area contributed by atoms with Crippen LogP contribution in [0.4, 0.5) is 0 Å². The van der Waals surface area contributed by atoms with Crippen LogP contribution in [0.3, 0.4) is 0 Å². The van der Waals surface area contributed by atoms with Gasteiger partial charge in [0.25, 0.3) is 5.56 Å². The zero-order chi connectivity index (χ0) is 16.6. The maximum absolute atomic E-state index is 12.7. The molecule has 1 aliphatic rings. The molecule has 0 bridgehead atoms. The average molecular weight is 326 g/mol. The van der Waals surface area contributed by atoms with Crippen molar-refractivity contribution in [3.8, 4) is 5.69 Å².